The largest absolute Gasteiger partial charge is 0.494 e. The molecule has 180 valence electrons. The van der Waals surface area contributed by atoms with Crippen LogP contribution < -0.4 is 15.0 Å². The van der Waals surface area contributed by atoms with Crippen LogP contribution in [-0.4, -0.2) is 70.9 Å². The summed E-state index contributed by atoms with van der Waals surface area (Å²) in [6.07, 6.45) is 6.77. The minimum absolute atomic E-state index is 0.0386. The summed E-state index contributed by atoms with van der Waals surface area (Å²) in [6, 6.07) is 5.01. The van der Waals surface area contributed by atoms with E-state index in [1.807, 2.05) is 35.9 Å². The van der Waals surface area contributed by atoms with Crippen molar-refractivity contribution in [3.8, 4) is 17.0 Å². The Kier molecular flexibility index (Phi) is 6.92. The maximum Gasteiger partial charge on any atom is 0.294 e. The summed E-state index contributed by atoms with van der Waals surface area (Å²) < 4.78 is 7.62. The van der Waals surface area contributed by atoms with E-state index < -0.39 is 4.92 Å². The zero-order valence-electron chi connectivity index (χ0n) is 20.0. The van der Waals surface area contributed by atoms with E-state index in [9.17, 15) is 10.1 Å². The van der Waals surface area contributed by atoms with Gasteiger partial charge in [-0.15, -0.1) is 0 Å². The number of ether oxygens (including phenoxy) is 1. The molecule has 3 aromatic rings. The molecule has 0 saturated heterocycles. The van der Waals surface area contributed by atoms with E-state index in [0.29, 0.717) is 29.6 Å². The van der Waals surface area contributed by atoms with E-state index in [0.717, 1.165) is 43.6 Å². The van der Waals surface area contributed by atoms with Gasteiger partial charge in [-0.05, 0) is 39.4 Å². The number of aryl methyl sites for hydroxylation is 1. The summed E-state index contributed by atoms with van der Waals surface area (Å²) in [7, 11) is 7.21. The second kappa shape index (κ2) is 10.0. The minimum Gasteiger partial charge on any atom is -0.494 e. The van der Waals surface area contributed by atoms with Crippen molar-refractivity contribution in [1.82, 2.24) is 24.6 Å². The van der Waals surface area contributed by atoms with Crippen LogP contribution in [0.1, 0.15) is 18.5 Å². The van der Waals surface area contributed by atoms with Crippen molar-refractivity contribution in [1.29, 1.82) is 0 Å². The second-order valence-corrected chi connectivity index (χ2v) is 8.51. The number of nitrogens with zero attached hydrogens (tertiary/aromatic N) is 7. The maximum atomic E-state index is 11.8. The Labute approximate surface area is 198 Å². The molecule has 0 atom stereocenters. The number of nitrogens with one attached hydrogen (secondary N) is 1. The monoisotopic (exact) mass is 466 g/mol. The van der Waals surface area contributed by atoms with Gasteiger partial charge in [0.15, 0.2) is 0 Å². The van der Waals surface area contributed by atoms with E-state index >= 15 is 0 Å². The summed E-state index contributed by atoms with van der Waals surface area (Å²) >= 11 is 0. The number of likely N-dealkylation sites (N-methyl/N-ethyl adjacent to an activating group) is 1. The molecule has 0 spiro atoms. The Bertz CT molecular complexity index is 1180. The highest BCUT2D eigenvalue weighted by Gasteiger charge is 2.23. The van der Waals surface area contributed by atoms with Crippen molar-refractivity contribution >= 4 is 23.0 Å². The Morgan fingerprint density at radius 1 is 1.26 bits per heavy atom. The fourth-order valence-corrected chi connectivity index (χ4v) is 4.09. The minimum atomic E-state index is -0.398. The number of nitro benzene ring substituents is 1. The first-order chi connectivity index (χ1) is 16.4. The number of methoxy groups -OCH3 is 1. The first kappa shape index (κ1) is 23.4. The molecule has 2 aromatic heterocycles. The number of anilines is 3. The second-order valence-electron chi connectivity index (χ2n) is 8.51. The molecule has 0 unspecified atom stereocenters. The molecule has 1 N–H and O–H groups in total. The predicted octanol–water partition coefficient (Wildman–Crippen LogP) is 3.33. The van der Waals surface area contributed by atoms with Crippen LogP contribution in [0.15, 0.2) is 30.6 Å². The van der Waals surface area contributed by atoms with Gasteiger partial charge in [0.2, 0.25) is 5.95 Å². The van der Waals surface area contributed by atoms with Gasteiger partial charge >= 0.3 is 0 Å². The van der Waals surface area contributed by atoms with Gasteiger partial charge in [0.1, 0.15) is 11.4 Å². The Balaban J connectivity index is 1.68. The topological polar surface area (TPSA) is 114 Å². The lowest BCUT2D eigenvalue weighted by Crippen LogP contribution is -2.21. The zero-order valence-corrected chi connectivity index (χ0v) is 20.0. The van der Waals surface area contributed by atoms with Crippen molar-refractivity contribution in [2.24, 2.45) is 0 Å². The highest BCUT2D eigenvalue weighted by molar-refractivity contribution is 5.77. The third-order valence-corrected chi connectivity index (χ3v) is 5.93. The van der Waals surface area contributed by atoms with Crippen LogP contribution in [0.5, 0.6) is 5.75 Å². The summed E-state index contributed by atoms with van der Waals surface area (Å²) in [4.78, 5) is 24.3. The molecule has 1 aliphatic rings. The number of hydrogen-bond acceptors (Lipinski definition) is 9. The number of hydrogen-bond donors (Lipinski definition) is 1. The third kappa shape index (κ3) is 4.79. The molecule has 0 fully saturated rings. The van der Waals surface area contributed by atoms with Gasteiger partial charge in [0.05, 0.1) is 29.6 Å². The number of benzene rings is 1. The van der Waals surface area contributed by atoms with Gasteiger partial charge in [-0.25, -0.2) is 9.97 Å². The van der Waals surface area contributed by atoms with Crippen molar-refractivity contribution in [3.05, 3.63) is 46.4 Å². The Morgan fingerprint density at radius 2 is 2.09 bits per heavy atom. The van der Waals surface area contributed by atoms with Gasteiger partial charge in [-0.1, -0.05) is 0 Å². The van der Waals surface area contributed by atoms with Crippen molar-refractivity contribution in [2.45, 2.75) is 25.8 Å². The smallest absolute Gasteiger partial charge is 0.294 e. The molecule has 1 aromatic carbocycles. The normalized spacial score (nSPS) is 13.0. The first-order valence-electron chi connectivity index (χ1n) is 11.3. The highest BCUT2D eigenvalue weighted by Crippen LogP contribution is 2.40. The zero-order chi connectivity index (χ0) is 24.2. The highest BCUT2D eigenvalue weighted by atomic mass is 16.6. The van der Waals surface area contributed by atoms with E-state index in [4.69, 9.17) is 9.72 Å². The average Bonchev–Trinajstić information content (AvgIpc) is 3.27. The van der Waals surface area contributed by atoms with Crippen LogP contribution in [-0.2, 0) is 13.0 Å². The van der Waals surface area contributed by atoms with Crippen molar-refractivity contribution < 1.29 is 9.66 Å². The lowest BCUT2D eigenvalue weighted by atomic mass is 10.0. The SMILES string of the molecule is COc1cc(NCCN(C)C)c([N+](=O)[O-])cc1N(C)c1nccc(-c2cnn3c2CCCC3)n1. The average molecular weight is 467 g/mol. The number of rotatable bonds is 9. The van der Waals surface area contributed by atoms with E-state index in [1.54, 1.807) is 31.3 Å². The van der Waals surface area contributed by atoms with Crippen molar-refractivity contribution in [3.63, 3.8) is 0 Å². The quantitative estimate of drug-likeness (QED) is 0.374. The molecule has 0 saturated carbocycles. The molecule has 11 nitrogen and oxygen atoms in total. The Hall–Kier alpha value is -3.73. The van der Waals surface area contributed by atoms with E-state index in [1.165, 1.54) is 11.8 Å². The van der Waals surface area contributed by atoms with Crippen LogP contribution >= 0.6 is 0 Å². The van der Waals surface area contributed by atoms with Gasteiger partial charge in [-0.3, -0.25) is 14.8 Å². The van der Waals surface area contributed by atoms with Crippen molar-refractivity contribution in [2.75, 3.05) is 51.6 Å². The van der Waals surface area contributed by atoms with Crippen LogP contribution in [0.3, 0.4) is 0 Å². The molecule has 0 amide bonds. The lowest BCUT2D eigenvalue weighted by molar-refractivity contribution is -0.383. The molecule has 0 aliphatic carbocycles. The maximum absolute atomic E-state index is 11.8. The number of fused-ring (bicyclic) bond motifs is 1. The van der Waals surface area contributed by atoms with E-state index in [-0.39, 0.29) is 5.69 Å². The fourth-order valence-electron chi connectivity index (χ4n) is 4.09. The van der Waals surface area contributed by atoms with Crippen LogP contribution in [0, 0.1) is 10.1 Å². The van der Waals surface area contributed by atoms with Crippen LogP contribution in [0.2, 0.25) is 0 Å². The van der Waals surface area contributed by atoms with Gasteiger partial charge < -0.3 is 19.9 Å². The molecular formula is C23H30N8O3. The molecule has 0 radical (unpaired) electrons. The molecule has 3 heterocycles. The number of aromatic nitrogens is 4. The number of nitro groups is 1. The standard InChI is InChI=1S/C23H30N8O3/c1-28(2)12-10-24-18-13-22(34-4)21(14-20(18)31(32)33)29(3)23-25-9-8-17(27-23)16-15-26-30-11-6-5-7-19(16)30/h8-9,13-15,24H,5-7,10-12H2,1-4H3. The molecule has 11 heteroatoms. The lowest BCUT2D eigenvalue weighted by Gasteiger charge is -2.21. The summed E-state index contributed by atoms with van der Waals surface area (Å²) in [6.45, 7) is 2.22. The predicted molar refractivity (Wildman–Crippen MR) is 131 cm³/mol. The van der Waals surface area contributed by atoms with E-state index in [2.05, 4.69) is 15.4 Å². The summed E-state index contributed by atoms with van der Waals surface area (Å²) in [5.74, 6) is 0.895. The molecule has 1 aliphatic heterocycles. The molecule has 4 rings (SSSR count). The Morgan fingerprint density at radius 3 is 2.82 bits per heavy atom. The molecule has 34 heavy (non-hydrogen) atoms. The molecular weight excluding hydrogens is 436 g/mol. The van der Waals surface area contributed by atoms with Crippen LogP contribution in [0.25, 0.3) is 11.3 Å². The molecule has 0 bridgehead atoms. The van der Waals surface area contributed by atoms with Crippen LogP contribution in [0.4, 0.5) is 23.0 Å². The summed E-state index contributed by atoms with van der Waals surface area (Å²) in [5, 5.41) is 19.5. The third-order valence-electron chi connectivity index (χ3n) is 5.93. The fraction of sp³-hybridized carbons (Fsp3) is 0.435. The van der Waals surface area contributed by atoms with Gasteiger partial charge in [-0.2, -0.15) is 5.10 Å². The van der Waals surface area contributed by atoms with Gasteiger partial charge in [0.25, 0.3) is 5.69 Å². The first-order valence-corrected chi connectivity index (χ1v) is 11.3. The summed E-state index contributed by atoms with van der Waals surface area (Å²) in [5.41, 5.74) is 3.82. The van der Waals surface area contributed by atoms with Gasteiger partial charge in [0, 0.05) is 56.3 Å².